The average molecular weight is 494 g/mol. The molecule has 2 fully saturated rings. The lowest BCUT2D eigenvalue weighted by molar-refractivity contribution is 0.0906. The zero-order valence-corrected chi connectivity index (χ0v) is 21.0. The molecule has 2 heterocycles. The standard InChI is InChI=1S/C23H32ClN5O3S/c1-16-6-4-5-7-20(16)25-22(30)19-15-27(3)26-23(19)33(31,32)29-12-10-28(11-13-29)21-14-18(24)9-8-17(21)2/h8-9,14-16,20H,4-7,10-13H2,1-3H3,(H,25,30)/t16-,20+/m1/s1. The number of benzene rings is 1. The summed E-state index contributed by atoms with van der Waals surface area (Å²) in [7, 11) is -2.27. The van der Waals surface area contributed by atoms with Crippen LogP contribution in [0.2, 0.25) is 5.02 Å². The molecule has 1 saturated heterocycles. The topological polar surface area (TPSA) is 87.5 Å². The highest BCUT2D eigenvalue weighted by molar-refractivity contribution is 7.89. The van der Waals surface area contributed by atoms with Gasteiger partial charge in [0.1, 0.15) is 0 Å². The summed E-state index contributed by atoms with van der Waals surface area (Å²) in [6.07, 6.45) is 5.73. The molecule has 1 aliphatic carbocycles. The number of amides is 1. The number of carbonyl (C=O) groups excluding carboxylic acids is 1. The molecule has 1 aliphatic heterocycles. The molecule has 0 radical (unpaired) electrons. The van der Waals surface area contributed by atoms with Crippen molar-refractivity contribution in [1.29, 1.82) is 0 Å². The van der Waals surface area contributed by atoms with Crippen molar-refractivity contribution in [3.63, 3.8) is 0 Å². The SMILES string of the molecule is Cc1ccc(Cl)cc1N1CCN(S(=O)(=O)c2nn(C)cc2C(=O)N[C@H]2CCCC[C@H]2C)CC1. The Labute approximate surface area is 200 Å². The average Bonchev–Trinajstić information content (AvgIpc) is 3.20. The molecule has 2 atom stereocenters. The quantitative estimate of drug-likeness (QED) is 0.691. The van der Waals surface area contributed by atoms with Crippen molar-refractivity contribution in [2.45, 2.75) is 50.6 Å². The molecule has 2 aliphatic rings. The third kappa shape index (κ3) is 5.05. The van der Waals surface area contributed by atoms with E-state index in [1.54, 1.807) is 7.05 Å². The van der Waals surface area contributed by atoms with Crippen molar-refractivity contribution in [1.82, 2.24) is 19.4 Å². The number of carbonyl (C=O) groups is 1. The van der Waals surface area contributed by atoms with Crippen molar-refractivity contribution < 1.29 is 13.2 Å². The molecular formula is C23H32ClN5O3S. The molecule has 4 rings (SSSR count). The van der Waals surface area contributed by atoms with E-state index >= 15 is 0 Å². The first-order valence-electron chi connectivity index (χ1n) is 11.5. The molecule has 0 spiro atoms. The molecule has 10 heteroatoms. The molecule has 1 aromatic heterocycles. The maximum atomic E-state index is 13.5. The van der Waals surface area contributed by atoms with Gasteiger partial charge in [-0.15, -0.1) is 0 Å². The summed E-state index contributed by atoms with van der Waals surface area (Å²) < 4.78 is 29.8. The summed E-state index contributed by atoms with van der Waals surface area (Å²) in [6, 6.07) is 5.79. The Hall–Kier alpha value is -2.10. The number of aromatic nitrogens is 2. The van der Waals surface area contributed by atoms with E-state index < -0.39 is 10.0 Å². The molecule has 1 amide bonds. The zero-order chi connectivity index (χ0) is 23.8. The lowest BCUT2D eigenvalue weighted by Crippen LogP contribution is -2.49. The number of rotatable bonds is 5. The van der Waals surface area contributed by atoms with Gasteiger partial charge >= 0.3 is 0 Å². The minimum Gasteiger partial charge on any atom is -0.369 e. The van der Waals surface area contributed by atoms with Gasteiger partial charge in [0.05, 0.1) is 5.56 Å². The van der Waals surface area contributed by atoms with Gasteiger partial charge in [-0.1, -0.05) is 37.4 Å². The third-order valence-corrected chi connectivity index (χ3v) is 8.87. The lowest BCUT2D eigenvalue weighted by atomic mass is 9.86. The zero-order valence-electron chi connectivity index (χ0n) is 19.4. The van der Waals surface area contributed by atoms with Gasteiger partial charge < -0.3 is 10.2 Å². The van der Waals surface area contributed by atoms with Gasteiger partial charge in [-0.25, -0.2) is 8.42 Å². The number of piperazine rings is 1. The monoisotopic (exact) mass is 493 g/mol. The van der Waals surface area contributed by atoms with Gasteiger partial charge in [0.2, 0.25) is 5.03 Å². The van der Waals surface area contributed by atoms with E-state index in [0.717, 1.165) is 30.5 Å². The number of halogens is 1. The maximum absolute atomic E-state index is 13.5. The van der Waals surface area contributed by atoms with E-state index in [4.69, 9.17) is 11.6 Å². The molecule has 8 nitrogen and oxygen atoms in total. The molecule has 33 heavy (non-hydrogen) atoms. The number of hydrogen-bond acceptors (Lipinski definition) is 5. The van der Waals surface area contributed by atoms with E-state index in [-0.39, 0.29) is 22.5 Å². The predicted octanol–water partition coefficient (Wildman–Crippen LogP) is 3.20. The molecule has 1 aromatic carbocycles. The van der Waals surface area contributed by atoms with E-state index in [9.17, 15) is 13.2 Å². The summed E-state index contributed by atoms with van der Waals surface area (Å²) in [5.41, 5.74) is 2.22. The normalized spacial score (nSPS) is 22.4. The smallest absolute Gasteiger partial charge is 0.263 e. The molecule has 0 bridgehead atoms. The van der Waals surface area contributed by atoms with Crippen LogP contribution in [0, 0.1) is 12.8 Å². The van der Waals surface area contributed by atoms with Gasteiger partial charge in [0, 0.05) is 56.2 Å². The van der Waals surface area contributed by atoms with Gasteiger partial charge in [0.25, 0.3) is 15.9 Å². The second-order valence-electron chi connectivity index (χ2n) is 9.19. The molecular weight excluding hydrogens is 462 g/mol. The molecule has 2 aromatic rings. The number of anilines is 1. The Bertz CT molecular complexity index is 1130. The summed E-state index contributed by atoms with van der Waals surface area (Å²) in [5, 5.41) is 7.73. The largest absolute Gasteiger partial charge is 0.369 e. The fraction of sp³-hybridized carbons (Fsp3) is 0.565. The van der Waals surface area contributed by atoms with Crippen LogP contribution >= 0.6 is 11.6 Å². The predicted molar refractivity (Wildman–Crippen MR) is 129 cm³/mol. The Balaban J connectivity index is 1.50. The van der Waals surface area contributed by atoms with Crippen LogP contribution in [-0.2, 0) is 17.1 Å². The van der Waals surface area contributed by atoms with Crippen molar-refractivity contribution in [3.05, 3.63) is 40.5 Å². The highest BCUT2D eigenvalue weighted by Gasteiger charge is 2.35. The van der Waals surface area contributed by atoms with Crippen LogP contribution in [0.4, 0.5) is 5.69 Å². The Kier molecular flexibility index (Phi) is 7.02. The molecule has 0 unspecified atom stereocenters. The van der Waals surface area contributed by atoms with Crippen LogP contribution in [0.3, 0.4) is 0 Å². The van der Waals surface area contributed by atoms with Gasteiger partial charge in [0.15, 0.2) is 0 Å². The first-order chi connectivity index (χ1) is 15.7. The lowest BCUT2D eigenvalue weighted by Gasteiger charge is -2.36. The van der Waals surface area contributed by atoms with Crippen LogP contribution in [0.5, 0.6) is 0 Å². The van der Waals surface area contributed by atoms with Crippen LogP contribution in [0.1, 0.15) is 48.5 Å². The number of nitrogens with zero attached hydrogens (tertiary/aromatic N) is 4. The maximum Gasteiger partial charge on any atom is 0.263 e. The van der Waals surface area contributed by atoms with Crippen LogP contribution in [-0.4, -0.2) is 60.6 Å². The molecule has 1 saturated carbocycles. The van der Waals surface area contributed by atoms with Crippen molar-refractivity contribution in [2.24, 2.45) is 13.0 Å². The first-order valence-corrected chi connectivity index (χ1v) is 13.3. The van der Waals surface area contributed by atoms with E-state index in [1.165, 1.54) is 21.6 Å². The first kappa shape index (κ1) is 24.0. The molecule has 180 valence electrons. The van der Waals surface area contributed by atoms with Crippen molar-refractivity contribution in [3.8, 4) is 0 Å². The van der Waals surface area contributed by atoms with E-state index in [1.807, 2.05) is 25.1 Å². The fourth-order valence-electron chi connectivity index (χ4n) is 4.81. The molecule has 1 N–H and O–H groups in total. The van der Waals surface area contributed by atoms with Gasteiger partial charge in [-0.2, -0.15) is 9.40 Å². The van der Waals surface area contributed by atoms with E-state index in [2.05, 4.69) is 22.2 Å². The summed E-state index contributed by atoms with van der Waals surface area (Å²) in [4.78, 5) is 15.2. The number of sulfonamides is 1. The number of nitrogens with one attached hydrogen (secondary N) is 1. The van der Waals surface area contributed by atoms with Crippen molar-refractivity contribution in [2.75, 3.05) is 31.1 Å². The minimum absolute atomic E-state index is 0.0616. The second-order valence-corrected chi connectivity index (χ2v) is 11.5. The summed E-state index contributed by atoms with van der Waals surface area (Å²) in [6.45, 7) is 5.84. The van der Waals surface area contributed by atoms with Crippen molar-refractivity contribution >= 4 is 33.2 Å². The van der Waals surface area contributed by atoms with Crippen LogP contribution in [0.25, 0.3) is 0 Å². The van der Waals surface area contributed by atoms with E-state index in [0.29, 0.717) is 37.1 Å². The summed E-state index contributed by atoms with van der Waals surface area (Å²) in [5.74, 6) is 0.0102. The Morgan fingerprint density at radius 1 is 1.15 bits per heavy atom. The fourth-order valence-corrected chi connectivity index (χ4v) is 6.52. The van der Waals surface area contributed by atoms with Gasteiger partial charge in [-0.05, 0) is 43.4 Å². The highest BCUT2D eigenvalue weighted by atomic mass is 35.5. The minimum atomic E-state index is -3.91. The van der Waals surface area contributed by atoms with Gasteiger partial charge in [-0.3, -0.25) is 9.48 Å². The van der Waals surface area contributed by atoms with Crippen LogP contribution < -0.4 is 10.2 Å². The Morgan fingerprint density at radius 2 is 1.85 bits per heavy atom. The number of hydrogen-bond donors (Lipinski definition) is 1. The third-order valence-electron chi connectivity index (χ3n) is 6.80. The Morgan fingerprint density at radius 3 is 2.55 bits per heavy atom. The second kappa shape index (κ2) is 9.64. The van der Waals surface area contributed by atoms with Crippen LogP contribution in [0.15, 0.2) is 29.4 Å². The highest BCUT2D eigenvalue weighted by Crippen LogP contribution is 2.28. The summed E-state index contributed by atoms with van der Waals surface area (Å²) >= 11 is 6.16. The number of aryl methyl sites for hydroxylation is 2.